The third kappa shape index (κ3) is 3.49. The van der Waals surface area contributed by atoms with Crippen LogP contribution < -0.4 is 5.43 Å². The van der Waals surface area contributed by atoms with Gasteiger partial charge in [0, 0.05) is 10.4 Å². The van der Waals surface area contributed by atoms with E-state index in [-0.39, 0.29) is 11.8 Å². The predicted molar refractivity (Wildman–Crippen MR) is 92.6 cm³/mol. The summed E-state index contributed by atoms with van der Waals surface area (Å²) in [4.78, 5) is 12.3. The Kier molecular flexibility index (Phi) is 4.77. The number of hydrazone groups is 1. The molecule has 2 aliphatic carbocycles. The molecule has 0 saturated heterocycles. The Balaban J connectivity index is 1.58. The van der Waals surface area contributed by atoms with E-state index in [4.69, 9.17) is 0 Å². The molecular weight excluding hydrogens is 340 g/mol. The number of nitrogens with zero attached hydrogens (tertiary/aromatic N) is 1. The Labute approximate surface area is 140 Å². The molecule has 0 heterocycles. The summed E-state index contributed by atoms with van der Waals surface area (Å²) in [6.45, 7) is 1.92. The van der Waals surface area contributed by atoms with Gasteiger partial charge in [0.2, 0.25) is 5.91 Å². The molecule has 1 aromatic carbocycles. The Morgan fingerprint density at radius 2 is 1.73 bits per heavy atom. The van der Waals surface area contributed by atoms with Crippen molar-refractivity contribution in [2.75, 3.05) is 0 Å². The molecule has 0 spiro atoms. The van der Waals surface area contributed by atoms with E-state index in [0.717, 1.165) is 41.4 Å². The van der Waals surface area contributed by atoms with Crippen molar-refractivity contribution in [1.82, 2.24) is 5.43 Å². The highest BCUT2D eigenvalue weighted by molar-refractivity contribution is 9.10. The van der Waals surface area contributed by atoms with Crippen molar-refractivity contribution < 1.29 is 4.79 Å². The zero-order chi connectivity index (χ0) is 15.5. The zero-order valence-electron chi connectivity index (χ0n) is 12.8. The van der Waals surface area contributed by atoms with E-state index in [1.807, 2.05) is 31.2 Å². The number of benzene rings is 1. The highest BCUT2D eigenvalue weighted by Gasteiger charge is 2.53. The summed E-state index contributed by atoms with van der Waals surface area (Å²) in [7, 11) is 0. The monoisotopic (exact) mass is 360 g/mol. The maximum Gasteiger partial charge on any atom is 0.243 e. The van der Waals surface area contributed by atoms with E-state index >= 15 is 0 Å². The van der Waals surface area contributed by atoms with E-state index in [1.54, 1.807) is 0 Å². The molecule has 4 heteroatoms. The number of carbonyl (C=O) groups excluding carboxylic acids is 1. The average Bonchev–Trinajstić information content (AvgIpc) is 3.16. The van der Waals surface area contributed by atoms with E-state index in [0.29, 0.717) is 11.8 Å². The lowest BCUT2D eigenvalue weighted by atomic mass is 10.1. The van der Waals surface area contributed by atoms with Crippen LogP contribution in [0.1, 0.15) is 38.2 Å². The molecule has 1 amide bonds. The first-order valence-corrected chi connectivity index (χ1v) is 8.71. The lowest BCUT2D eigenvalue weighted by molar-refractivity contribution is -0.122. The second kappa shape index (κ2) is 6.78. The summed E-state index contributed by atoms with van der Waals surface area (Å²) in [5.41, 5.74) is 4.63. The van der Waals surface area contributed by atoms with Crippen molar-refractivity contribution in [3.05, 3.63) is 46.5 Å². The molecular formula is C18H21BrN2O. The predicted octanol–water partition coefficient (Wildman–Crippen LogP) is 4.28. The number of hydrogen-bond donors (Lipinski definition) is 1. The van der Waals surface area contributed by atoms with Crippen LogP contribution in [0.5, 0.6) is 0 Å². The van der Waals surface area contributed by atoms with Crippen molar-refractivity contribution >= 4 is 27.5 Å². The van der Waals surface area contributed by atoms with Crippen molar-refractivity contribution in [3.8, 4) is 0 Å². The highest BCUT2D eigenvalue weighted by Crippen LogP contribution is 2.52. The summed E-state index contributed by atoms with van der Waals surface area (Å²) >= 11 is 3.42. The summed E-state index contributed by atoms with van der Waals surface area (Å²) < 4.78 is 1.04. The second-order valence-corrected chi connectivity index (χ2v) is 7.08. The van der Waals surface area contributed by atoms with E-state index in [2.05, 4.69) is 38.6 Å². The first-order valence-electron chi connectivity index (χ1n) is 7.92. The summed E-state index contributed by atoms with van der Waals surface area (Å²) in [5.74, 6) is 1.39. The molecule has 0 aliphatic heterocycles. The number of rotatable bonds is 3. The minimum atomic E-state index is 0.0911. The lowest BCUT2D eigenvalue weighted by Crippen LogP contribution is -2.22. The minimum absolute atomic E-state index is 0.0911. The SMILES string of the molecule is C/C(=N\NC(=O)C1[C@H]2CCC=CCC[C@H]12)c1ccc(Br)cc1. The number of carbonyl (C=O) groups is 1. The van der Waals surface area contributed by atoms with Crippen molar-refractivity contribution in [2.24, 2.45) is 22.9 Å². The van der Waals surface area contributed by atoms with E-state index in [9.17, 15) is 4.79 Å². The molecule has 22 heavy (non-hydrogen) atoms. The fourth-order valence-electron chi connectivity index (χ4n) is 3.40. The molecule has 116 valence electrons. The first kappa shape index (κ1) is 15.5. The maximum atomic E-state index is 12.3. The van der Waals surface area contributed by atoms with Gasteiger partial charge in [0.05, 0.1) is 5.71 Å². The molecule has 1 N–H and O–H groups in total. The number of fused-ring (bicyclic) bond motifs is 1. The van der Waals surface area contributed by atoms with Crippen LogP contribution in [0.3, 0.4) is 0 Å². The molecule has 3 rings (SSSR count). The molecule has 0 unspecified atom stereocenters. The Morgan fingerprint density at radius 1 is 1.14 bits per heavy atom. The zero-order valence-corrected chi connectivity index (χ0v) is 14.3. The molecule has 1 fully saturated rings. The van der Waals surface area contributed by atoms with Gasteiger partial charge in [-0.15, -0.1) is 0 Å². The molecule has 0 aromatic heterocycles. The fraction of sp³-hybridized carbons (Fsp3) is 0.444. The third-order valence-corrected chi connectivity index (χ3v) is 5.26. The molecule has 3 nitrogen and oxygen atoms in total. The fourth-order valence-corrected chi connectivity index (χ4v) is 3.67. The van der Waals surface area contributed by atoms with Crippen LogP contribution in [0.4, 0.5) is 0 Å². The van der Waals surface area contributed by atoms with Crippen LogP contribution in [-0.4, -0.2) is 11.6 Å². The molecule has 2 atom stereocenters. The molecule has 0 radical (unpaired) electrons. The van der Waals surface area contributed by atoms with Crippen LogP contribution in [-0.2, 0) is 4.79 Å². The van der Waals surface area contributed by atoms with Gasteiger partial charge in [0.15, 0.2) is 0 Å². The minimum Gasteiger partial charge on any atom is -0.273 e. The number of amides is 1. The Bertz CT molecular complexity index is 590. The second-order valence-electron chi connectivity index (χ2n) is 6.16. The van der Waals surface area contributed by atoms with E-state index < -0.39 is 0 Å². The maximum absolute atomic E-state index is 12.3. The van der Waals surface area contributed by atoms with Crippen LogP contribution in [0.2, 0.25) is 0 Å². The van der Waals surface area contributed by atoms with Crippen molar-refractivity contribution in [3.63, 3.8) is 0 Å². The Morgan fingerprint density at radius 3 is 2.32 bits per heavy atom. The molecule has 2 aliphatic rings. The topological polar surface area (TPSA) is 41.5 Å². The number of hydrogen-bond acceptors (Lipinski definition) is 2. The first-order chi connectivity index (χ1) is 10.7. The van der Waals surface area contributed by atoms with Gasteiger partial charge in [0.1, 0.15) is 0 Å². The van der Waals surface area contributed by atoms with Gasteiger partial charge < -0.3 is 0 Å². The summed E-state index contributed by atoms with van der Waals surface area (Å²) in [5, 5.41) is 4.28. The highest BCUT2D eigenvalue weighted by atomic mass is 79.9. The quantitative estimate of drug-likeness (QED) is 0.487. The largest absolute Gasteiger partial charge is 0.273 e. The molecule has 1 saturated carbocycles. The van der Waals surface area contributed by atoms with Gasteiger partial charge in [-0.1, -0.05) is 40.2 Å². The average molecular weight is 361 g/mol. The Hall–Kier alpha value is -1.42. The van der Waals surface area contributed by atoms with Gasteiger partial charge in [-0.3, -0.25) is 4.79 Å². The van der Waals surface area contributed by atoms with Gasteiger partial charge in [0.25, 0.3) is 0 Å². The van der Waals surface area contributed by atoms with Crippen LogP contribution in [0.15, 0.2) is 46.0 Å². The molecule has 0 bridgehead atoms. The third-order valence-electron chi connectivity index (χ3n) is 4.73. The van der Waals surface area contributed by atoms with Crippen LogP contribution in [0.25, 0.3) is 0 Å². The number of halogens is 1. The van der Waals surface area contributed by atoms with Crippen LogP contribution in [0, 0.1) is 17.8 Å². The van der Waals surface area contributed by atoms with Gasteiger partial charge in [-0.25, -0.2) is 5.43 Å². The van der Waals surface area contributed by atoms with Gasteiger partial charge >= 0.3 is 0 Å². The standard InChI is InChI=1S/C18H21BrN2O/c1-12(13-8-10-14(19)11-9-13)20-21-18(22)17-15-6-4-2-3-5-7-16(15)17/h2-3,8-11,15-17H,4-7H2,1H3,(H,21,22)/b3-2?,20-12+/t15-,16-/m0/s1. The van der Waals surface area contributed by atoms with Gasteiger partial charge in [-0.2, -0.15) is 5.10 Å². The molecule has 1 aromatic rings. The lowest BCUT2D eigenvalue weighted by Gasteiger charge is -2.03. The van der Waals surface area contributed by atoms with E-state index in [1.165, 1.54) is 0 Å². The van der Waals surface area contributed by atoms with Gasteiger partial charge in [-0.05, 0) is 62.1 Å². The normalized spacial score (nSPS) is 27.5. The van der Waals surface area contributed by atoms with Crippen molar-refractivity contribution in [2.45, 2.75) is 32.6 Å². The number of allylic oxidation sites excluding steroid dienone is 2. The summed E-state index contributed by atoms with van der Waals surface area (Å²) in [6, 6.07) is 7.94. The smallest absolute Gasteiger partial charge is 0.243 e. The summed E-state index contributed by atoms with van der Waals surface area (Å²) in [6.07, 6.45) is 8.97. The van der Waals surface area contributed by atoms with Crippen molar-refractivity contribution in [1.29, 1.82) is 0 Å². The number of nitrogens with one attached hydrogen (secondary N) is 1. The van der Waals surface area contributed by atoms with Crippen LogP contribution >= 0.6 is 15.9 Å².